The summed E-state index contributed by atoms with van der Waals surface area (Å²) in [6.07, 6.45) is 4.72. The molecule has 0 bridgehead atoms. The Bertz CT molecular complexity index is 2180. The number of halogens is 2. The van der Waals surface area contributed by atoms with E-state index in [0.29, 0.717) is 49.5 Å². The highest BCUT2D eigenvalue weighted by molar-refractivity contribution is 7.07. The number of benzene rings is 3. The van der Waals surface area contributed by atoms with Gasteiger partial charge in [-0.2, -0.15) is 0 Å². The van der Waals surface area contributed by atoms with E-state index < -0.39 is 12.0 Å². The van der Waals surface area contributed by atoms with Crippen molar-refractivity contribution in [2.24, 2.45) is 4.99 Å². The van der Waals surface area contributed by atoms with Gasteiger partial charge in [-0.25, -0.2) is 9.79 Å². The van der Waals surface area contributed by atoms with Crippen molar-refractivity contribution in [1.29, 1.82) is 0 Å². The van der Waals surface area contributed by atoms with Crippen molar-refractivity contribution in [2.75, 3.05) is 26.9 Å². The summed E-state index contributed by atoms with van der Waals surface area (Å²) in [6, 6.07) is 20.3. The number of rotatable bonds is 11. The van der Waals surface area contributed by atoms with E-state index >= 15 is 0 Å². The molecule has 2 aromatic heterocycles. The van der Waals surface area contributed by atoms with E-state index in [1.165, 1.54) is 11.3 Å². The van der Waals surface area contributed by atoms with Crippen LogP contribution < -0.4 is 19.6 Å². The van der Waals surface area contributed by atoms with Crippen molar-refractivity contribution in [3.8, 4) is 5.75 Å². The lowest BCUT2D eigenvalue weighted by Gasteiger charge is -2.26. The Morgan fingerprint density at radius 3 is 2.60 bits per heavy atom. The van der Waals surface area contributed by atoms with Crippen molar-refractivity contribution < 1.29 is 19.0 Å². The summed E-state index contributed by atoms with van der Waals surface area (Å²) in [5, 5.41) is 1.99. The zero-order valence-electron chi connectivity index (χ0n) is 26.2. The van der Waals surface area contributed by atoms with Crippen LogP contribution in [-0.2, 0) is 20.8 Å². The predicted octanol–water partition coefficient (Wildman–Crippen LogP) is 6.52. The molecule has 1 aliphatic rings. The Morgan fingerprint density at radius 1 is 1.02 bits per heavy atom. The van der Waals surface area contributed by atoms with Crippen LogP contribution in [0.25, 0.3) is 17.0 Å². The second-order valence-corrected chi connectivity index (χ2v) is 12.9. The molecule has 5 aromatic rings. The number of fused-ring (bicyclic) bond motifs is 2. The van der Waals surface area contributed by atoms with Crippen LogP contribution in [0.5, 0.6) is 5.75 Å². The zero-order valence-corrected chi connectivity index (χ0v) is 28.5. The first-order chi connectivity index (χ1) is 22.8. The second kappa shape index (κ2) is 14.3. The van der Waals surface area contributed by atoms with E-state index in [1.807, 2.05) is 79.9 Å². The number of hydrogen-bond acceptors (Lipinski definition) is 7. The van der Waals surface area contributed by atoms with Crippen LogP contribution in [0, 0.1) is 0 Å². The highest BCUT2D eigenvalue weighted by Crippen LogP contribution is 2.36. The predicted molar refractivity (Wildman–Crippen MR) is 186 cm³/mol. The molecule has 0 amide bonds. The van der Waals surface area contributed by atoms with Gasteiger partial charge in [0.1, 0.15) is 18.4 Å². The lowest BCUT2D eigenvalue weighted by molar-refractivity contribution is -0.140. The van der Waals surface area contributed by atoms with Crippen LogP contribution in [-0.4, -0.2) is 42.0 Å². The van der Waals surface area contributed by atoms with E-state index in [4.69, 9.17) is 42.4 Å². The molecule has 0 unspecified atom stereocenters. The quantitative estimate of drug-likeness (QED) is 0.116. The van der Waals surface area contributed by atoms with E-state index in [-0.39, 0.29) is 24.3 Å². The number of allylic oxidation sites excluding steroid dienone is 1. The van der Waals surface area contributed by atoms with Crippen LogP contribution in [0.4, 0.5) is 0 Å². The molecule has 3 heterocycles. The molecule has 0 radical (unpaired) electrons. The van der Waals surface area contributed by atoms with Crippen LogP contribution in [0.2, 0.25) is 10.0 Å². The van der Waals surface area contributed by atoms with E-state index in [0.717, 1.165) is 28.5 Å². The summed E-state index contributed by atoms with van der Waals surface area (Å²) in [4.78, 5) is 33.2. The molecule has 8 nitrogen and oxygen atoms in total. The molecule has 11 heteroatoms. The van der Waals surface area contributed by atoms with Crippen LogP contribution in [0.1, 0.15) is 43.0 Å². The van der Waals surface area contributed by atoms with Crippen molar-refractivity contribution >= 4 is 57.5 Å². The number of aromatic nitrogens is 2. The van der Waals surface area contributed by atoms with Gasteiger partial charge < -0.3 is 18.8 Å². The number of carbonyl (C=O) groups is 1. The van der Waals surface area contributed by atoms with Crippen LogP contribution >= 0.6 is 34.5 Å². The highest BCUT2D eigenvalue weighted by atomic mass is 35.5. The third kappa shape index (κ3) is 6.67. The fourth-order valence-electron chi connectivity index (χ4n) is 5.72. The van der Waals surface area contributed by atoms with Crippen LogP contribution in [0.3, 0.4) is 0 Å². The molecule has 6 rings (SSSR count). The molecule has 1 atom stereocenters. The molecule has 0 saturated heterocycles. The zero-order chi connectivity index (χ0) is 33.1. The van der Waals surface area contributed by atoms with Crippen molar-refractivity contribution in [3.05, 3.63) is 131 Å². The molecule has 3 aromatic carbocycles. The van der Waals surface area contributed by atoms with Crippen LogP contribution in [0.15, 0.2) is 94.0 Å². The average molecular weight is 691 g/mol. The third-order valence-electron chi connectivity index (χ3n) is 7.88. The van der Waals surface area contributed by atoms with Crippen molar-refractivity contribution in [2.45, 2.75) is 32.9 Å². The molecule has 242 valence electrons. The first-order valence-corrected chi connectivity index (χ1v) is 16.8. The number of hydrogen-bond donors (Lipinski definition) is 0. The van der Waals surface area contributed by atoms with E-state index in [2.05, 4.69) is 4.57 Å². The minimum Gasteiger partial charge on any atom is -0.493 e. The smallest absolute Gasteiger partial charge is 0.338 e. The van der Waals surface area contributed by atoms with Gasteiger partial charge >= 0.3 is 5.97 Å². The average Bonchev–Trinajstić information content (AvgIpc) is 3.57. The standard InChI is InChI=1S/C36H33Cl2N3O5S/c1-4-15-45-30-12-8-6-10-26(30)33-32(35(43)46-17-16-44-3)22(2)39-36-41(33)34(42)31(47-36)19-24-21-40(29-11-7-5-9-25(24)29)20-23-13-14-27(37)28(38)18-23/h5-14,18-19,21,33H,4,15-17,20H2,1-3H3/b31-19+/t33-/m0/s1. The Labute approximate surface area is 285 Å². The Hall–Kier alpha value is -4.15. The van der Waals surface area contributed by atoms with Gasteiger partial charge in [-0.3, -0.25) is 9.36 Å². The fourth-order valence-corrected chi connectivity index (χ4v) is 7.08. The first kappa shape index (κ1) is 32.8. The number of thiazole rings is 1. The van der Waals surface area contributed by atoms with Crippen molar-refractivity contribution in [1.82, 2.24) is 9.13 Å². The number of para-hydroxylation sites is 2. The molecule has 0 fully saturated rings. The van der Waals surface area contributed by atoms with Gasteiger partial charge in [-0.15, -0.1) is 0 Å². The SMILES string of the molecule is CCCOc1ccccc1[C@H]1C(C(=O)OCCOC)=C(C)N=c2s/c(=C/c3cn(Cc4ccc(Cl)c(Cl)c4)c4ccccc34)c(=O)n21. The second-order valence-electron chi connectivity index (χ2n) is 11.1. The lowest BCUT2D eigenvalue weighted by Crippen LogP contribution is -2.40. The minimum absolute atomic E-state index is 0.0729. The summed E-state index contributed by atoms with van der Waals surface area (Å²) >= 11 is 13.7. The summed E-state index contributed by atoms with van der Waals surface area (Å²) in [6.45, 7) is 5.16. The molecule has 0 N–H and O–H groups in total. The fraction of sp³-hybridized carbons (Fsp3) is 0.250. The van der Waals surface area contributed by atoms with Crippen molar-refractivity contribution in [3.63, 3.8) is 0 Å². The summed E-state index contributed by atoms with van der Waals surface area (Å²) in [5.41, 5.74) is 4.06. The van der Waals surface area contributed by atoms with Gasteiger partial charge in [0.05, 0.1) is 39.1 Å². The lowest BCUT2D eigenvalue weighted by atomic mass is 9.95. The first-order valence-electron chi connectivity index (χ1n) is 15.2. The minimum atomic E-state index is -0.799. The summed E-state index contributed by atoms with van der Waals surface area (Å²) < 4.78 is 21.0. The van der Waals surface area contributed by atoms with E-state index in [1.54, 1.807) is 24.7 Å². The van der Waals surface area contributed by atoms with Gasteiger partial charge in [0.15, 0.2) is 4.80 Å². The number of nitrogens with zero attached hydrogens (tertiary/aromatic N) is 3. The molecule has 1 aliphatic heterocycles. The monoisotopic (exact) mass is 689 g/mol. The maximum absolute atomic E-state index is 14.4. The Balaban J connectivity index is 1.49. The largest absolute Gasteiger partial charge is 0.493 e. The maximum Gasteiger partial charge on any atom is 0.338 e. The number of carbonyl (C=O) groups excluding carboxylic acids is 1. The van der Waals surface area contributed by atoms with Gasteiger partial charge in [0.2, 0.25) is 0 Å². The topological polar surface area (TPSA) is 84.1 Å². The molecule has 0 spiro atoms. The highest BCUT2D eigenvalue weighted by Gasteiger charge is 2.35. The summed E-state index contributed by atoms with van der Waals surface area (Å²) in [5.74, 6) is 0.0365. The molecule has 0 saturated carbocycles. The number of methoxy groups -OCH3 is 1. The number of ether oxygens (including phenoxy) is 3. The normalized spacial score (nSPS) is 14.7. The van der Waals surface area contributed by atoms with Gasteiger partial charge in [-0.05, 0) is 49.2 Å². The molecule has 47 heavy (non-hydrogen) atoms. The third-order valence-corrected chi connectivity index (χ3v) is 9.60. The summed E-state index contributed by atoms with van der Waals surface area (Å²) in [7, 11) is 1.54. The molecular weight excluding hydrogens is 657 g/mol. The van der Waals surface area contributed by atoms with Gasteiger partial charge in [0.25, 0.3) is 5.56 Å². The van der Waals surface area contributed by atoms with E-state index in [9.17, 15) is 9.59 Å². The maximum atomic E-state index is 14.4. The Kier molecular flexibility index (Phi) is 9.98. The number of esters is 1. The molecular formula is C36H33Cl2N3O5S. The van der Waals surface area contributed by atoms with Gasteiger partial charge in [0, 0.05) is 41.9 Å². The molecule has 0 aliphatic carbocycles. The van der Waals surface area contributed by atoms with Gasteiger partial charge in [-0.1, -0.05) is 83.9 Å². The Morgan fingerprint density at radius 2 is 1.81 bits per heavy atom.